The van der Waals surface area contributed by atoms with E-state index in [1.165, 1.54) is 210 Å². The molecule has 294 valence electrons. The summed E-state index contributed by atoms with van der Waals surface area (Å²) >= 11 is 0. The van der Waals surface area contributed by atoms with Crippen molar-refractivity contribution in [2.24, 2.45) is 0 Å². The number of imidazole rings is 1. The first-order valence-electron chi connectivity index (χ1n) is 21.3. The molecule has 0 spiro atoms. The zero-order valence-electron chi connectivity index (χ0n) is 33.6. The molecular weight excluding hydrogens is 639 g/mol. The molecule has 0 fully saturated rings. The fourth-order valence-electron chi connectivity index (χ4n) is 6.52. The lowest BCUT2D eigenvalue weighted by Gasteiger charge is -2.04. The maximum atomic E-state index is 9.19. The van der Waals surface area contributed by atoms with E-state index in [0.717, 1.165) is 12.2 Å². The minimum atomic E-state index is -3.67. The highest BCUT2D eigenvalue weighted by Crippen LogP contribution is 2.16. The number of hydrogen-bond donors (Lipinski definition) is 3. The number of aromatic amines is 2. The summed E-state index contributed by atoms with van der Waals surface area (Å²) in [5.74, 6) is 1.15. The second-order valence-electron chi connectivity index (χ2n) is 14.8. The monoisotopic (exact) mass is 722 g/mol. The first-order valence-corrected chi connectivity index (χ1v) is 23.2. The summed E-state index contributed by atoms with van der Waals surface area (Å²) in [5.41, 5.74) is 2.87. The Balaban J connectivity index is 0.000000846. The zero-order valence-corrected chi connectivity index (χ0v) is 34.4. The molecule has 3 N–H and O–H groups in total. The second-order valence-corrected chi connectivity index (χ2v) is 16.3. The topological polar surface area (TPSA) is 98.8 Å². The van der Waals surface area contributed by atoms with Gasteiger partial charge in [-0.25, -0.2) is 4.98 Å². The molecule has 0 saturated carbocycles. The Labute approximate surface area is 311 Å². The lowest BCUT2D eigenvalue weighted by Crippen LogP contribution is -1.89. The Hall–Kier alpha value is -1.60. The lowest BCUT2D eigenvalue weighted by atomic mass is 10.0. The van der Waals surface area contributed by atoms with Crippen LogP contribution in [0.4, 0.5) is 0 Å². The maximum Gasteiger partial charge on any atom is 0.261 e. The summed E-state index contributed by atoms with van der Waals surface area (Å²) in [7, 11) is -3.67. The van der Waals surface area contributed by atoms with Crippen LogP contribution in [0, 0.1) is 6.92 Å². The molecule has 2 aromatic rings. The van der Waals surface area contributed by atoms with Crippen molar-refractivity contribution in [2.45, 2.75) is 226 Å². The van der Waals surface area contributed by atoms with Crippen LogP contribution in [-0.4, -0.2) is 34.2 Å². The Morgan fingerprint density at radius 2 is 0.840 bits per heavy atom. The summed E-state index contributed by atoms with van der Waals surface area (Å²) in [6.07, 6.45) is 51.9. The third-order valence-corrected chi connectivity index (χ3v) is 9.67. The van der Waals surface area contributed by atoms with Crippen LogP contribution in [0.1, 0.15) is 224 Å². The molecule has 50 heavy (non-hydrogen) atoms. The van der Waals surface area contributed by atoms with E-state index >= 15 is 0 Å². The lowest BCUT2D eigenvalue weighted by molar-refractivity contribution is 0.490. The van der Waals surface area contributed by atoms with Gasteiger partial charge in [-0.3, -0.25) is 4.55 Å². The SMILES string of the molecule is CCCCCCCCCCCCCCCCCc1[nH]ccc1C.CCCCCCCCCCCCCCCCCc1ncc[nH]1.CS(=O)(=O)O. The Morgan fingerprint density at radius 1 is 0.520 bits per heavy atom. The molecule has 0 aliphatic heterocycles. The number of nitrogens with one attached hydrogen (secondary N) is 2. The first kappa shape index (κ1) is 48.4. The number of H-pyrrole nitrogens is 2. The number of aromatic nitrogens is 3. The van der Waals surface area contributed by atoms with Crippen molar-refractivity contribution in [2.75, 3.05) is 6.26 Å². The van der Waals surface area contributed by atoms with Gasteiger partial charge >= 0.3 is 0 Å². The molecule has 0 bridgehead atoms. The summed E-state index contributed by atoms with van der Waals surface area (Å²) < 4.78 is 25.9. The van der Waals surface area contributed by atoms with Gasteiger partial charge in [-0.2, -0.15) is 8.42 Å². The largest absolute Gasteiger partial charge is 0.365 e. The molecule has 7 heteroatoms. The van der Waals surface area contributed by atoms with Crippen molar-refractivity contribution in [3.8, 4) is 0 Å². The predicted molar refractivity (Wildman–Crippen MR) is 219 cm³/mol. The van der Waals surface area contributed by atoms with Crippen LogP contribution in [-0.2, 0) is 23.0 Å². The Kier molecular flexibility index (Phi) is 36.0. The molecule has 2 heterocycles. The Bertz CT molecular complexity index is 1010. The van der Waals surface area contributed by atoms with E-state index in [-0.39, 0.29) is 0 Å². The van der Waals surface area contributed by atoms with Crippen LogP contribution in [0.2, 0.25) is 0 Å². The molecule has 0 atom stereocenters. The van der Waals surface area contributed by atoms with Gasteiger partial charge in [-0.1, -0.05) is 194 Å². The zero-order chi connectivity index (χ0) is 36.8. The molecule has 2 aromatic heterocycles. The standard InChI is InChI=1S/C22H41N.C20H38N2.CH4O3S/c1-3-4-5-6-7-8-9-10-11-12-13-14-15-16-17-18-22-21(2)19-20-23-22;1-2-3-4-5-6-7-8-9-10-11-12-13-14-15-16-17-20-21-18-19-22-20;1-5(2,3)4/h19-20,23H,3-18H2,1-2H3;18-19H,2-17H2,1H3,(H,21,22);1H3,(H,2,3,4). The molecule has 0 aromatic carbocycles. The van der Waals surface area contributed by atoms with Gasteiger partial charge in [0.25, 0.3) is 10.1 Å². The third-order valence-electron chi connectivity index (χ3n) is 9.67. The fourth-order valence-corrected chi connectivity index (χ4v) is 6.52. The summed E-state index contributed by atoms with van der Waals surface area (Å²) in [5, 5.41) is 0. The highest BCUT2D eigenvalue weighted by atomic mass is 32.2. The van der Waals surface area contributed by atoms with Crippen molar-refractivity contribution in [1.82, 2.24) is 15.0 Å². The van der Waals surface area contributed by atoms with Crippen molar-refractivity contribution >= 4 is 10.1 Å². The number of aryl methyl sites for hydroxylation is 3. The van der Waals surface area contributed by atoms with Gasteiger partial charge in [0, 0.05) is 30.7 Å². The molecule has 0 aliphatic rings. The van der Waals surface area contributed by atoms with E-state index in [2.05, 4.69) is 48.0 Å². The van der Waals surface area contributed by atoms with Gasteiger partial charge in [-0.15, -0.1) is 0 Å². The van der Waals surface area contributed by atoms with Crippen LogP contribution in [0.15, 0.2) is 24.7 Å². The summed E-state index contributed by atoms with van der Waals surface area (Å²) in [4.78, 5) is 10.8. The van der Waals surface area contributed by atoms with Crippen molar-refractivity contribution in [1.29, 1.82) is 0 Å². The highest BCUT2D eigenvalue weighted by Gasteiger charge is 2.00. The normalized spacial score (nSPS) is 11.2. The molecule has 6 nitrogen and oxygen atoms in total. The summed E-state index contributed by atoms with van der Waals surface area (Å²) in [6, 6.07) is 2.18. The third kappa shape index (κ3) is 39.2. The van der Waals surface area contributed by atoms with E-state index in [1.807, 2.05) is 12.4 Å². The highest BCUT2D eigenvalue weighted by molar-refractivity contribution is 7.85. The number of nitrogens with zero attached hydrogens (tertiary/aromatic N) is 1. The van der Waals surface area contributed by atoms with Crippen molar-refractivity contribution in [3.63, 3.8) is 0 Å². The smallest absolute Gasteiger partial charge is 0.261 e. The number of hydrogen-bond acceptors (Lipinski definition) is 3. The van der Waals surface area contributed by atoms with Gasteiger partial charge in [-0.05, 0) is 37.8 Å². The summed E-state index contributed by atoms with van der Waals surface area (Å²) in [6.45, 7) is 6.79. The van der Waals surface area contributed by atoms with E-state index in [1.54, 1.807) is 0 Å². The molecule has 0 saturated heterocycles. The molecule has 0 radical (unpaired) electrons. The van der Waals surface area contributed by atoms with Crippen molar-refractivity contribution in [3.05, 3.63) is 41.7 Å². The number of unbranched alkanes of at least 4 members (excludes halogenated alkanes) is 28. The average molecular weight is 722 g/mol. The van der Waals surface area contributed by atoms with E-state index in [9.17, 15) is 8.42 Å². The quantitative estimate of drug-likeness (QED) is 0.0517. The van der Waals surface area contributed by atoms with Crippen LogP contribution in [0.25, 0.3) is 0 Å². The molecule has 0 unspecified atom stereocenters. The van der Waals surface area contributed by atoms with Gasteiger partial charge in [0.15, 0.2) is 0 Å². The van der Waals surface area contributed by atoms with Crippen molar-refractivity contribution < 1.29 is 13.0 Å². The van der Waals surface area contributed by atoms with E-state index in [4.69, 9.17) is 4.55 Å². The van der Waals surface area contributed by atoms with Gasteiger partial charge < -0.3 is 9.97 Å². The van der Waals surface area contributed by atoms with E-state index < -0.39 is 10.1 Å². The van der Waals surface area contributed by atoms with Gasteiger partial charge in [0.05, 0.1) is 6.26 Å². The molecule has 0 aliphatic carbocycles. The molecular formula is C43H83N3O3S. The predicted octanol–water partition coefficient (Wildman–Crippen LogP) is 14.1. The van der Waals surface area contributed by atoms with Crippen LogP contribution in [0.3, 0.4) is 0 Å². The number of rotatable bonds is 32. The van der Waals surface area contributed by atoms with Gasteiger partial charge in [0.2, 0.25) is 0 Å². The average Bonchev–Trinajstić information content (AvgIpc) is 3.76. The molecule has 2 rings (SSSR count). The fraction of sp³-hybridized carbons (Fsp3) is 0.837. The first-order chi connectivity index (χ1) is 24.3. The maximum absolute atomic E-state index is 9.19. The van der Waals surface area contributed by atoms with Crippen LogP contribution >= 0.6 is 0 Å². The Morgan fingerprint density at radius 3 is 1.12 bits per heavy atom. The second kappa shape index (κ2) is 37.2. The minimum absolute atomic E-state index is 0.715. The van der Waals surface area contributed by atoms with E-state index in [0.29, 0.717) is 6.26 Å². The van der Waals surface area contributed by atoms with Gasteiger partial charge in [0.1, 0.15) is 5.82 Å². The van der Waals surface area contributed by atoms with Crippen LogP contribution in [0.5, 0.6) is 0 Å². The minimum Gasteiger partial charge on any atom is -0.365 e. The molecule has 0 amide bonds. The van der Waals surface area contributed by atoms with Crippen LogP contribution < -0.4 is 0 Å².